The Morgan fingerprint density at radius 3 is 2.19 bits per heavy atom. The molecule has 0 spiro atoms. The van der Waals surface area contributed by atoms with Crippen molar-refractivity contribution < 1.29 is 9.59 Å². The van der Waals surface area contributed by atoms with Gasteiger partial charge >= 0.3 is 0 Å². The van der Waals surface area contributed by atoms with Gasteiger partial charge in [-0.25, -0.2) is 0 Å². The van der Waals surface area contributed by atoms with E-state index in [1.807, 2.05) is 0 Å². The molecule has 0 aromatic rings. The van der Waals surface area contributed by atoms with E-state index >= 15 is 0 Å². The molecule has 1 aliphatic carbocycles. The molecule has 0 amide bonds. The maximum Gasteiger partial charge on any atom is 0.219 e. The van der Waals surface area contributed by atoms with E-state index in [0.29, 0.717) is 5.41 Å². The van der Waals surface area contributed by atoms with Gasteiger partial charge in [0.05, 0.1) is 12.1 Å². The Balaban J connectivity index is 2.23. The van der Waals surface area contributed by atoms with Crippen molar-refractivity contribution in [2.24, 2.45) is 5.41 Å². The van der Waals surface area contributed by atoms with Gasteiger partial charge < -0.3 is 10.6 Å². The van der Waals surface area contributed by atoms with E-state index in [0.717, 1.165) is 19.4 Å². The summed E-state index contributed by atoms with van der Waals surface area (Å²) < 4.78 is 0. The molecule has 0 bridgehead atoms. The number of hydrogen-bond donors (Lipinski definition) is 2. The van der Waals surface area contributed by atoms with Crippen molar-refractivity contribution in [3.8, 4) is 0 Å². The fourth-order valence-corrected chi connectivity index (χ4v) is 1.90. The van der Waals surface area contributed by atoms with Crippen molar-refractivity contribution in [3.63, 3.8) is 0 Å². The van der Waals surface area contributed by atoms with Gasteiger partial charge in [-0.1, -0.05) is 20.8 Å². The number of hydrogen-bond acceptors (Lipinski definition) is 4. The van der Waals surface area contributed by atoms with Crippen molar-refractivity contribution in [1.29, 1.82) is 0 Å². The zero-order chi connectivity index (χ0) is 12.3. The van der Waals surface area contributed by atoms with Crippen LogP contribution in [0.1, 0.15) is 33.6 Å². The minimum Gasteiger partial charge on any atom is -0.308 e. The Labute approximate surface area is 97.2 Å². The predicted molar refractivity (Wildman–Crippen MR) is 63.3 cm³/mol. The molecular formula is C12H22N2O2. The SMILES string of the molecule is CNC1C(=O)C(=O)C1NCCCC(C)(C)C. The van der Waals surface area contributed by atoms with Crippen LogP contribution in [0.3, 0.4) is 0 Å². The molecule has 0 aromatic carbocycles. The minimum absolute atomic E-state index is 0.282. The molecule has 16 heavy (non-hydrogen) atoms. The highest BCUT2D eigenvalue weighted by atomic mass is 16.2. The molecular weight excluding hydrogens is 204 g/mol. The molecule has 0 saturated heterocycles. The molecule has 1 aliphatic rings. The number of likely N-dealkylation sites (N-methyl/N-ethyl adjacent to an activating group) is 1. The third-order valence-electron chi connectivity index (χ3n) is 2.92. The second-order valence-corrected chi connectivity index (χ2v) is 5.59. The molecule has 2 N–H and O–H groups in total. The smallest absolute Gasteiger partial charge is 0.219 e. The summed E-state index contributed by atoms with van der Waals surface area (Å²) in [7, 11) is 1.71. The van der Waals surface area contributed by atoms with E-state index in [2.05, 4.69) is 31.4 Å². The van der Waals surface area contributed by atoms with Crippen LogP contribution in [0.4, 0.5) is 0 Å². The first-order valence-electron chi connectivity index (χ1n) is 5.85. The highest BCUT2D eigenvalue weighted by Gasteiger charge is 2.47. The summed E-state index contributed by atoms with van der Waals surface area (Å²) in [6, 6.07) is -0.625. The van der Waals surface area contributed by atoms with Crippen molar-refractivity contribution in [1.82, 2.24) is 10.6 Å². The lowest BCUT2D eigenvalue weighted by Crippen LogP contribution is -2.68. The number of carbonyl (C=O) groups is 2. The van der Waals surface area contributed by atoms with Crippen LogP contribution in [0.15, 0.2) is 0 Å². The van der Waals surface area contributed by atoms with Gasteiger partial charge in [-0.05, 0) is 31.8 Å². The minimum atomic E-state index is -0.317. The van der Waals surface area contributed by atoms with Gasteiger partial charge in [-0.2, -0.15) is 0 Å². The second-order valence-electron chi connectivity index (χ2n) is 5.59. The van der Waals surface area contributed by atoms with Crippen LogP contribution in [0.2, 0.25) is 0 Å². The van der Waals surface area contributed by atoms with Gasteiger partial charge in [0.25, 0.3) is 0 Å². The Hall–Kier alpha value is -0.740. The number of Topliss-reactive ketones (excluding diaryl/α,β-unsaturated/α-hetero) is 2. The quantitative estimate of drug-likeness (QED) is 0.530. The van der Waals surface area contributed by atoms with Crippen molar-refractivity contribution in [2.75, 3.05) is 13.6 Å². The first-order valence-corrected chi connectivity index (χ1v) is 5.85. The van der Waals surface area contributed by atoms with Gasteiger partial charge in [-0.3, -0.25) is 9.59 Å². The number of ketones is 2. The Morgan fingerprint density at radius 1 is 1.12 bits per heavy atom. The highest BCUT2D eigenvalue weighted by molar-refractivity contribution is 6.49. The lowest BCUT2D eigenvalue weighted by molar-refractivity contribution is -0.147. The third kappa shape index (κ3) is 3.12. The molecule has 92 valence electrons. The fraction of sp³-hybridized carbons (Fsp3) is 0.833. The summed E-state index contributed by atoms with van der Waals surface area (Å²) in [6.07, 6.45) is 2.14. The lowest BCUT2D eigenvalue weighted by atomic mass is 9.83. The third-order valence-corrected chi connectivity index (χ3v) is 2.92. The topological polar surface area (TPSA) is 58.2 Å². The summed E-state index contributed by atoms with van der Waals surface area (Å²) in [5.41, 5.74) is 0.323. The van der Waals surface area contributed by atoms with E-state index in [1.54, 1.807) is 7.05 Å². The van der Waals surface area contributed by atoms with Gasteiger partial charge in [0.2, 0.25) is 11.6 Å². The molecule has 0 aliphatic heterocycles. The van der Waals surface area contributed by atoms with Crippen molar-refractivity contribution in [3.05, 3.63) is 0 Å². The Morgan fingerprint density at radius 2 is 1.69 bits per heavy atom. The summed E-state index contributed by atoms with van der Waals surface area (Å²) >= 11 is 0. The monoisotopic (exact) mass is 226 g/mol. The number of nitrogens with one attached hydrogen (secondary N) is 2. The predicted octanol–water partition coefficient (Wildman–Crippen LogP) is 0.511. The van der Waals surface area contributed by atoms with Crippen LogP contribution in [-0.2, 0) is 9.59 Å². The number of carbonyl (C=O) groups excluding carboxylic acids is 2. The summed E-state index contributed by atoms with van der Waals surface area (Å²) in [5, 5.41) is 6.00. The summed E-state index contributed by atoms with van der Waals surface area (Å²) in [5.74, 6) is -0.578. The molecule has 4 nitrogen and oxygen atoms in total. The fourth-order valence-electron chi connectivity index (χ4n) is 1.90. The Bertz CT molecular complexity index is 281. The van der Waals surface area contributed by atoms with Crippen LogP contribution < -0.4 is 10.6 Å². The van der Waals surface area contributed by atoms with Gasteiger partial charge in [0.1, 0.15) is 0 Å². The van der Waals surface area contributed by atoms with E-state index in [9.17, 15) is 9.59 Å². The molecule has 0 heterocycles. The van der Waals surface area contributed by atoms with Gasteiger partial charge in [-0.15, -0.1) is 0 Å². The maximum absolute atomic E-state index is 11.3. The number of rotatable bonds is 5. The largest absolute Gasteiger partial charge is 0.308 e. The van der Waals surface area contributed by atoms with E-state index in [-0.39, 0.29) is 23.7 Å². The molecule has 1 fully saturated rings. The summed E-state index contributed by atoms with van der Waals surface area (Å²) in [6.45, 7) is 7.38. The van der Waals surface area contributed by atoms with E-state index < -0.39 is 0 Å². The molecule has 0 aromatic heterocycles. The molecule has 2 unspecified atom stereocenters. The zero-order valence-electron chi connectivity index (χ0n) is 10.6. The summed E-state index contributed by atoms with van der Waals surface area (Å²) in [4.78, 5) is 22.4. The molecule has 2 atom stereocenters. The highest BCUT2D eigenvalue weighted by Crippen LogP contribution is 2.20. The molecule has 0 radical (unpaired) electrons. The first-order chi connectivity index (χ1) is 7.37. The van der Waals surface area contributed by atoms with Crippen LogP contribution in [0, 0.1) is 5.41 Å². The van der Waals surface area contributed by atoms with Gasteiger partial charge in [0, 0.05) is 0 Å². The molecule has 1 saturated carbocycles. The Kier molecular flexibility index (Phi) is 4.21. The van der Waals surface area contributed by atoms with E-state index in [1.165, 1.54) is 0 Å². The first kappa shape index (κ1) is 13.3. The average Bonchev–Trinajstić information content (AvgIpc) is 2.20. The molecule has 4 heteroatoms. The van der Waals surface area contributed by atoms with Crippen LogP contribution in [0.5, 0.6) is 0 Å². The van der Waals surface area contributed by atoms with Crippen LogP contribution in [-0.4, -0.2) is 37.2 Å². The van der Waals surface area contributed by atoms with Crippen LogP contribution in [0.25, 0.3) is 0 Å². The lowest BCUT2D eigenvalue weighted by Gasteiger charge is -2.33. The van der Waals surface area contributed by atoms with Crippen molar-refractivity contribution in [2.45, 2.75) is 45.7 Å². The van der Waals surface area contributed by atoms with Crippen LogP contribution >= 0.6 is 0 Å². The second kappa shape index (κ2) is 5.06. The normalized spacial score (nSPS) is 25.8. The average molecular weight is 226 g/mol. The van der Waals surface area contributed by atoms with Gasteiger partial charge in [0.15, 0.2) is 0 Å². The zero-order valence-corrected chi connectivity index (χ0v) is 10.6. The maximum atomic E-state index is 11.3. The van der Waals surface area contributed by atoms with E-state index in [4.69, 9.17) is 0 Å². The standard InChI is InChI=1S/C12H22N2O2/c1-12(2,3)6-5-7-14-9-8(13-4)10(15)11(9)16/h8-9,13-14H,5-7H2,1-4H3. The van der Waals surface area contributed by atoms with Crippen molar-refractivity contribution >= 4 is 11.6 Å². The molecule has 1 rings (SSSR count).